The van der Waals surface area contributed by atoms with E-state index in [2.05, 4.69) is 21.3 Å². The van der Waals surface area contributed by atoms with Gasteiger partial charge in [-0.1, -0.05) is 0 Å². The molecule has 4 aliphatic rings. The summed E-state index contributed by atoms with van der Waals surface area (Å²) in [6.45, 7) is 5.70. The topological polar surface area (TPSA) is 369 Å². The van der Waals surface area contributed by atoms with E-state index in [0.717, 1.165) is 77.0 Å². The van der Waals surface area contributed by atoms with E-state index in [-0.39, 0.29) is 105 Å². The maximum absolute atomic E-state index is 14.4. The first-order chi connectivity index (χ1) is 44.7. The smallest absolute Gasteiger partial charge is 0.257 e. The second-order valence-corrected chi connectivity index (χ2v) is 25.0. The number of nitrogens with one attached hydrogen (secondary N) is 4. The lowest BCUT2D eigenvalue weighted by molar-refractivity contribution is 0.0701. The second kappa shape index (κ2) is 38.3. The van der Waals surface area contributed by atoms with Crippen LogP contribution < -0.4 is 84.1 Å². The lowest BCUT2D eigenvalue weighted by Crippen LogP contribution is -2.44. The standard InChI is InChI=1S/C68H106N12O12/c1-87-57-42-58(88-2)52(64(82)76-48-17-21-50(22-18-48)78-66(84)54-41-56(68(86)80-33-25-46(74)26-34-80)62(92-38-14-6-10-30-72)44-60(54)90-36-12-4-8-28-70)39-51(57)63(81)75-47-15-19-49(20-16-47)77-65(83)53-40-55(67(85)79-31-23-45(73)24-32-79)61(91-37-13-5-9-29-71)43-59(53)89-35-11-3-7-27-69/h39-50H,3-38,69-74H2,1-2H3,(H,75,81)(H,76,82)(H,77,83)(H,78,84)/t47-,48-,49+,50+. The van der Waals surface area contributed by atoms with Crippen molar-refractivity contribution < 1.29 is 57.2 Å². The Bertz CT molecular complexity index is 2660. The number of unbranched alkanes of at least 4 members (excludes halogenated alkanes) is 8. The van der Waals surface area contributed by atoms with Crippen LogP contribution in [-0.4, -0.2) is 174 Å². The Balaban J connectivity index is 0.977. The minimum absolute atomic E-state index is 0.0189. The molecule has 2 aliphatic heterocycles. The monoisotopic (exact) mass is 1280 g/mol. The van der Waals surface area contributed by atoms with Gasteiger partial charge in [-0.25, -0.2) is 0 Å². The highest BCUT2D eigenvalue weighted by atomic mass is 16.5. The molecule has 6 amide bonds. The van der Waals surface area contributed by atoms with E-state index in [1.54, 1.807) is 34.1 Å². The Kier molecular flexibility index (Phi) is 30.2. The molecule has 2 heterocycles. The van der Waals surface area contributed by atoms with Crippen LogP contribution in [0.5, 0.6) is 34.5 Å². The van der Waals surface area contributed by atoms with Crippen LogP contribution in [0.15, 0.2) is 36.4 Å². The second-order valence-electron chi connectivity index (χ2n) is 25.0. The molecule has 3 aromatic carbocycles. The number of carbonyl (C=O) groups is 6. The maximum Gasteiger partial charge on any atom is 0.257 e. The lowest BCUT2D eigenvalue weighted by Gasteiger charge is -2.31. The highest BCUT2D eigenvalue weighted by Crippen LogP contribution is 2.36. The molecule has 0 atom stereocenters. The van der Waals surface area contributed by atoms with Crippen LogP contribution in [0.4, 0.5) is 0 Å². The maximum atomic E-state index is 14.4. The molecular weight excluding hydrogens is 1180 g/mol. The summed E-state index contributed by atoms with van der Waals surface area (Å²) in [6.07, 6.45) is 16.9. The third-order valence-corrected chi connectivity index (χ3v) is 18.0. The Labute approximate surface area is 543 Å². The summed E-state index contributed by atoms with van der Waals surface area (Å²) in [5.74, 6) is -0.269. The summed E-state index contributed by atoms with van der Waals surface area (Å²) < 4.78 is 36.5. The Morgan fingerprint density at radius 2 is 0.587 bits per heavy atom. The Morgan fingerprint density at radius 3 is 0.848 bits per heavy atom. The van der Waals surface area contributed by atoms with Gasteiger partial charge in [-0.3, -0.25) is 28.8 Å². The van der Waals surface area contributed by atoms with Crippen molar-refractivity contribution in [3.05, 3.63) is 69.8 Å². The molecule has 7 rings (SSSR count). The summed E-state index contributed by atoms with van der Waals surface area (Å²) in [4.78, 5) is 89.2. The van der Waals surface area contributed by atoms with E-state index >= 15 is 0 Å². The van der Waals surface area contributed by atoms with Crippen LogP contribution in [0.3, 0.4) is 0 Å². The van der Waals surface area contributed by atoms with Crippen molar-refractivity contribution in [1.29, 1.82) is 0 Å². The SMILES string of the molecule is COc1cc(OC)c(C(=O)N[C@H]2CC[C@@H](NC(=O)c3cc(C(=O)N4CCC(N)CC4)c(OCCCCCN)cc3OCCCCCN)CC2)cc1C(=O)N[C@H]1CC[C@@H](NC(=O)c2cc(C(=O)N3CCC(N)CC3)c(OCCCCCN)cc2OCCCCCN)CC1. The van der Waals surface area contributed by atoms with Gasteiger partial charge in [0.15, 0.2) is 0 Å². The summed E-state index contributed by atoms with van der Waals surface area (Å²) in [6, 6.07) is 8.63. The number of nitrogens with zero attached hydrogens (tertiary/aromatic N) is 2. The van der Waals surface area contributed by atoms with Crippen molar-refractivity contribution in [1.82, 2.24) is 31.1 Å². The van der Waals surface area contributed by atoms with Gasteiger partial charge in [0.1, 0.15) is 34.5 Å². The number of nitrogens with two attached hydrogens (primary N) is 6. The van der Waals surface area contributed by atoms with Crippen molar-refractivity contribution in [3.63, 3.8) is 0 Å². The average molecular weight is 1280 g/mol. The first-order valence-corrected chi connectivity index (χ1v) is 34.0. The Morgan fingerprint density at radius 1 is 0.348 bits per heavy atom. The van der Waals surface area contributed by atoms with Crippen molar-refractivity contribution in [2.24, 2.45) is 34.4 Å². The molecule has 510 valence electrons. The van der Waals surface area contributed by atoms with Crippen molar-refractivity contribution in [2.45, 2.75) is 190 Å². The number of likely N-dealkylation sites (tertiary alicyclic amines) is 2. The number of benzene rings is 3. The van der Waals surface area contributed by atoms with Gasteiger partial charge in [-0.15, -0.1) is 0 Å². The highest BCUT2D eigenvalue weighted by molar-refractivity contribution is 6.05. The molecule has 0 bridgehead atoms. The van der Waals surface area contributed by atoms with E-state index in [9.17, 15) is 28.8 Å². The molecule has 2 saturated heterocycles. The van der Waals surface area contributed by atoms with Crippen LogP contribution in [-0.2, 0) is 0 Å². The van der Waals surface area contributed by atoms with Gasteiger partial charge in [0.25, 0.3) is 35.4 Å². The highest BCUT2D eigenvalue weighted by Gasteiger charge is 2.34. The molecule has 16 N–H and O–H groups in total. The van der Waals surface area contributed by atoms with Crippen LogP contribution >= 0.6 is 0 Å². The van der Waals surface area contributed by atoms with E-state index in [1.807, 2.05) is 0 Å². The van der Waals surface area contributed by atoms with Crippen LogP contribution in [0.2, 0.25) is 0 Å². The third kappa shape index (κ3) is 21.6. The largest absolute Gasteiger partial charge is 0.496 e. The quantitative estimate of drug-likeness (QED) is 0.0307. The number of rotatable bonds is 36. The molecule has 0 spiro atoms. The predicted molar refractivity (Wildman–Crippen MR) is 354 cm³/mol. The molecule has 0 radical (unpaired) electrons. The summed E-state index contributed by atoms with van der Waals surface area (Å²) >= 11 is 0. The van der Waals surface area contributed by atoms with Crippen LogP contribution in [0.25, 0.3) is 0 Å². The zero-order valence-electron chi connectivity index (χ0n) is 54.6. The number of piperidine rings is 2. The van der Waals surface area contributed by atoms with Crippen LogP contribution in [0.1, 0.15) is 216 Å². The molecule has 2 aliphatic carbocycles. The summed E-state index contributed by atoms with van der Waals surface area (Å²) in [5.41, 5.74) is 36.7. The first-order valence-electron chi connectivity index (χ1n) is 34.0. The van der Waals surface area contributed by atoms with E-state index in [4.69, 9.17) is 62.8 Å². The zero-order chi connectivity index (χ0) is 65.8. The van der Waals surface area contributed by atoms with Crippen LogP contribution in [0, 0.1) is 0 Å². The molecule has 3 aromatic rings. The van der Waals surface area contributed by atoms with Gasteiger partial charge < -0.3 is 93.9 Å². The number of ether oxygens (including phenoxy) is 6. The molecule has 24 heteroatoms. The number of hydrogen-bond acceptors (Lipinski definition) is 18. The van der Waals surface area contributed by atoms with Crippen molar-refractivity contribution >= 4 is 35.4 Å². The minimum atomic E-state index is -0.432. The van der Waals surface area contributed by atoms with Crippen molar-refractivity contribution in [2.75, 3.05) is 93.0 Å². The first kappa shape index (κ1) is 72.5. The minimum Gasteiger partial charge on any atom is -0.496 e. The normalized spacial score (nSPS) is 18.7. The van der Waals surface area contributed by atoms with Gasteiger partial charge in [-0.2, -0.15) is 0 Å². The fourth-order valence-electron chi connectivity index (χ4n) is 12.3. The van der Waals surface area contributed by atoms with Gasteiger partial charge >= 0.3 is 0 Å². The average Bonchev–Trinajstić information content (AvgIpc) is 1.07. The van der Waals surface area contributed by atoms with E-state index < -0.39 is 11.8 Å². The molecule has 24 nitrogen and oxygen atoms in total. The van der Waals surface area contributed by atoms with Gasteiger partial charge in [0, 0.05) is 80.6 Å². The molecule has 0 aromatic heterocycles. The fourth-order valence-corrected chi connectivity index (χ4v) is 12.3. The molecule has 0 unspecified atom stereocenters. The summed E-state index contributed by atoms with van der Waals surface area (Å²) in [5, 5.41) is 12.7. The lowest BCUT2D eigenvalue weighted by atomic mass is 9.90. The molecule has 2 saturated carbocycles. The van der Waals surface area contributed by atoms with Crippen molar-refractivity contribution in [3.8, 4) is 34.5 Å². The predicted octanol–water partition coefficient (Wildman–Crippen LogP) is 5.80. The number of hydrogen-bond donors (Lipinski definition) is 10. The fraction of sp³-hybridized carbons (Fsp3) is 0.647. The molecule has 92 heavy (non-hydrogen) atoms. The van der Waals surface area contributed by atoms with Gasteiger partial charge in [0.05, 0.1) is 74.0 Å². The Hall–Kier alpha value is -6.96. The molecular formula is C68H106N12O12. The van der Waals surface area contributed by atoms with Gasteiger partial charge in [-0.05, 0) is 198 Å². The number of amides is 6. The third-order valence-electron chi connectivity index (χ3n) is 18.0. The van der Waals surface area contributed by atoms with Gasteiger partial charge in [0.2, 0.25) is 0 Å². The van der Waals surface area contributed by atoms with E-state index in [0.29, 0.717) is 179 Å². The number of methoxy groups -OCH3 is 2. The molecule has 4 fully saturated rings. The van der Waals surface area contributed by atoms with E-state index in [1.165, 1.54) is 26.4 Å². The zero-order valence-corrected chi connectivity index (χ0v) is 54.6. The summed E-state index contributed by atoms with van der Waals surface area (Å²) in [7, 11) is 2.89. The number of carbonyl (C=O) groups excluding carboxylic acids is 6.